The number of halogens is 1. The largest absolute Gasteiger partial charge is 0.377 e. The number of rotatable bonds is 6. The van der Waals surface area contributed by atoms with Crippen LogP contribution in [0.2, 0.25) is 5.02 Å². The number of anilines is 1. The van der Waals surface area contributed by atoms with Gasteiger partial charge in [-0.15, -0.1) is 0 Å². The Kier molecular flexibility index (Phi) is 5.23. The van der Waals surface area contributed by atoms with Gasteiger partial charge in [0.25, 0.3) is 0 Å². The molecule has 0 aliphatic heterocycles. The number of benzene rings is 2. The molecule has 21 heavy (non-hydrogen) atoms. The number of hydrogen-bond donors (Lipinski definition) is 2. The van der Waals surface area contributed by atoms with E-state index in [4.69, 9.17) is 17.3 Å². The maximum atomic E-state index is 11.3. The van der Waals surface area contributed by atoms with Crippen LogP contribution in [0.3, 0.4) is 0 Å². The molecule has 4 heteroatoms. The van der Waals surface area contributed by atoms with Gasteiger partial charge in [-0.3, -0.25) is 4.79 Å². The summed E-state index contributed by atoms with van der Waals surface area (Å²) < 4.78 is 0. The lowest BCUT2D eigenvalue weighted by atomic mass is 10.0. The van der Waals surface area contributed by atoms with E-state index in [1.165, 1.54) is 5.56 Å². The van der Waals surface area contributed by atoms with E-state index in [9.17, 15) is 4.79 Å². The summed E-state index contributed by atoms with van der Waals surface area (Å²) in [5.41, 5.74) is 7.70. The summed E-state index contributed by atoms with van der Waals surface area (Å²) in [6, 6.07) is 15.4. The van der Waals surface area contributed by atoms with Crippen molar-refractivity contribution in [3.8, 4) is 0 Å². The highest BCUT2D eigenvalue weighted by molar-refractivity contribution is 6.33. The number of nitrogens with two attached hydrogens (primary N) is 1. The quantitative estimate of drug-likeness (QED) is 0.831. The maximum Gasteiger partial charge on any atom is 0.248 e. The highest BCUT2D eigenvalue weighted by atomic mass is 35.5. The normalized spacial score (nSPS) is 11.9. The van der Waals surface area contributed by atoms with Crippen LogP contribution in [0.15, 0.2) is 48.5 Å². The second-order valence-electron chi connectivity index (χ2n) is 4.96. The van der Waals surface area contributed by atoms with Gasteiger partial charge >= 0.3 is 0 Å². The Labute approximate surface area is 130 Å². The Morgan fingerprint density at radius 1 is 1.24 bits per heavy atom. The van der Waals surface area contributed by atoms with Crippen molar-refractivity contribution in [2.45, 2.75) is 25.8 Å². The fourth-order valence-electron chi connectivity index (χ4n) is 2.27. The van der Waals surface area contributed by atoms with Gasteiger partial charge in [0.2, 0.25) is 5.91 Å². The van der Waals surface area contributed by atoms with Gasteiger partial charge in [-0.1, -0.05) is 55.3 Å². The molecule has 2 rings (SSSR count). The van der Waals surface area contributed by atoms with Crippen LogP contribution < -0.4 is 11.1 Å². The van der Waals surface area contributed by atoms with Crippen LogP contribution in [0.25, 0.3) is 0 Å². The van der Waals surface area contributed by atoms with Gasteiger partial charge in [-0.05, 0) is 30.2 Å². The number of hydrogen-bond acceptors (Lipinski definition) is 2. The minimum atomic E-state index is -0.457. The molecule has 0 aliphatic carbocycles. The predicted molar refractivity (Wildman–Crippen MR) is 87.7 cm³/mol. The molecule has 0 saturated heterocycles. The average molecular weight is 303 g/mol. The topological polar surface area (TPSA) is 55.1 Å². The van der Waals surface area contributed by atoms with Crippen molar-refractivity contribution in [3.63, 3.8) is 0 Å². The van der Waals surface area contributed by atoms with Crippen LogP contribution in [-0.4, -0.2) is 5.91 Å². The minimum Gasteiger partial charge on any atom is -0.377 e. The van der Waals surface area contributed by atoms with E-state index in [1.807, 2.05) is 18.2 Å². The third kappa shape index (κ3) is 3.99. The standard InChI is InChI=1S/C17H19ClN2O/c1-2-6-15(12-7-4-3-5-8-12)20-16-11-13(17(19)21)9-10-14(16)18/h3-5,7-11,15,20H,2,6H2,1H3,(H2,19,21). The zero-order chi connectivity index (χ0) is 15.2. The summed E-state index contributed by atoms with van der Waals surface area (Å²) in [5.74, 6) is -0.457. The fourth-order valence-corrected chi connectivity index (χ4v) is 2.45. The molecule has 0 radical (unpaired) electrons. The Morgan fingerprint density at radius 3 is 2.57 bits per heavy atom. The molecule has 0 saturated carbocycles. The van der Waals surface area contributed by atoms with Crippen molar-refractivity contribution >= 4 is 23.2 Å². The Morgan fingerprint density at radius 2 is 1.95 bits per heavy atom. The van der Waals surface area contributed by atoms with Crippen molar-refractivity contribution in [1.82, 2.24) is 0 Å². The van der Waals surface area contributed by atoms with Crippen molar-refractivity contribution in [2.24, 2.45) is 5.73 Å². The Balaban J connectivity index is 2.28. The molecule has 1 atom stereocenters. The van der Waals surface area contributed by atoms with Crippen LogP contribution in [0.1, 0.15) is 41.7 Å². The lowest BCUT2D eigenvalue weighted by Gasteiger charge is -2.21. The number of carbonyl (C=O) groups is 1. The zero-order valence-electron chi connectivity index (χ0n) is 12.0. The first kappa shape index (κ1) is 15.4. The second kappa shape index (κ2) is 7.14. The lowest BCUT2D eigenvalue weighted by Crippen LogP contribution is -2.14. The van der Waals surface area contributed by atoms with Crippen molar-refractivity contribution in [3.05, 3.63) is 64.7 Å². The first-order chi connectivity index (χ1) is 10.1. The number of amides is 1. The fraction of sp³-hybridized carbons (Fsp3) is 0.235. The van der Waals surface area contributed by atoms with E-state index in [-0.39, 0.29) is 6.04 Å². The summed E-state index contributed by atoms with van der Waals surface area (Å²) in [6.45, 7) is 2.14. The van der Waals surface area contributed by atoms with Gasteiger partial charge in [-0.25, -0.2) is 0 Å². The molecule has 1 unspecified atom stereocenters. The van der Waals surface area contributed by atoms with E-state index in [0.717, 1.165) is 18.5 Å². The Hall–Kier alpha value is -2.00. The van der Waals surface area contributed by atoms with E-state index in [0.29, 0.717) is 10.6 Å². The molecule has 0 aliphatic rings. The highest BCUT2D eigenvalue weighted by Gasteiger charge is 2.13. The third-order valence-corrected chi connectivity index (χ3v) is 3.69. The highest BCUT2D eigenvalue weighted by Crippen LogP contribution is 2.29. The molecule has 1 amide bonds. The van der Waals surface area contributed by atoms with Gasteiger partial charge in [0.05, 0.1) is 16.8 Å². The summed E-state index contributed by atoms with van der Waals surface area (Å²) in [6.07, 6.45) is 2.01. The van der Waals surface area contributed by atoms with E-state index < -0.39 is 5.91 Å². The first-order valence-corrected chi connectivity index (χ1v) is 7.40. The summed E-state index contributed by atoms with van der Waals surface area (Å²) in [4.78, 5) is 11.3. The molecule has 0 fully saturated rings. The molecule has 0 heterocycles. The SMILES string of the molecule is CCCC(Nc1cc(C(N)=O)ccc1Cl)c1ccccc1. The van der Waals surface area contributed by atoms with Crippen molar-refractivity contribution in [2.75, 3.05) is 5.32 Å². The molecule has 3 nitrogen and oxygen atoms in total. The van der Waals surface area contributed by atoms with Crippen molar-refractivity contribution in [1.29, 1.82) is 0 Å². The van der Waals surface area contributed by atoms with Gasteiger partial charge in [-0.2, -0.15) is 0 Å². The van der Waals surface area contributed by atoms with Gasteiger partial charge in [0.15, 0.2) is 0 Å². The molecule has 2 aromatic carbocycles. The van der Waals surface area contributed by atoms with Crippen LogP contribution in [-0.2, 0) is 0 Å². The number of nitrogens with one attached hydrogen (secondary N) is 1. The minimum absolute atomic E-state index is 0.150. The Bertz CT molecular complexity index is 613. The van der Waals surface area contributed by atoms with E-state index in [2.05, 4.69) is 24.4 Å². The lowest BCUT2D eigenvalue weighted by molar-refractivity contribution is 0.100. The molecule has 0 spiro atoms. The van der Waals surface area contributed by atoms with Crippen LogP contribution in [0, 0.1) is 0 Å². The monoisotopic (exact) mass is 302 g/mol. The number of primary amides is 1. The summed E-state index contributed by atoms with van der Waals surface area (Å²) >= 11 is 6.22. The van der Waals surface area contributed by atoms with Gasteiger partial charge < -0.3 is 11.1 Å². The smallest absolute Gasteiger partial charge is 0.248 e. The molecular weight excluding hydrogens is 284 g/mol. The predicted octanol–water partition coefficient (Wildman–Crippen LogP) is 4.39. The zero-order valence-corrected chi connectivity index (χ0v) is 12.7. The number of carbonyl (C=O) groups excluding carboxylic acids is 1. The molecule has 110 valence electrons. The molecule has 0 bridgehead atoms. The molecule has 2 aromatic rings. The third-order valence-electron chi connectivity index (χ3n) is 3.36. The van der Waals surface area contributed by atoms with Crippen LogP contribution >= 0.6 is 11.6 Å². The van der Waals surface area contributed by atoms with E-state index in [1.54, 1.807) is 18.2 Å². The summed E-state index contributed by atoms with van der Waals surface area (Å²) in [5, 5.41) is 4.00. The summed E-state index contributed by atoms with van der Waals surface area (Å²) in [7, 11) is 0. The van der Waals surface area contributed by atoms with E-state index >= 15 is 0 Å². The molecule has 3 N–H and O–H groups in total. The molecular formula is C17H19ClN2O. The van der Waals surface area contributed by atoms with Gasteiger partial charge in [0, 0.05) is 5.56 Å². The molecule has 0 aromatic heterocycles. The van der Waals surface area contributed by atoms with Crippen LogP contribution in [0.4, 0.5) is 5.69 Å². The second-order valence-corrected chi connectivity index (χ2v) is 5.36. The van der Waals surface area contributed by atoms with Crippen molar-refractivity contribution < 1.29 is 4.79 Å². The van der Waals surface area contributed by atoms with Gasteiger partial charge in [0.1, 0.15) is 0 Å². The maximum absolute atomic E-state index is 11.3. The average Bonchev–Trinajstić information content (AvgIpc) is 2.49. The first-order valence-electron chi connectivity index (χ1n) is 7.02. The van der Waals surface area contributed by atoms with Crippen LogP contribution in [0.5, 0.6) is 0 Å².